The number of hydrogen-bond donors (Lipinski definition) is 1. The molecule has 1 heterocycles. The largest absolute Gasteiger partial charge is 0.497 e. The summed E-state index contributed by atoms with van der Waals surface area (Å²) in [6.45, 7) is 0. The number of nitrogens with zero attached hydrogens (tertiary/aromatic N) is 2. The van der Waals surface area contributed by atoms with Crippen LogP contribution < -0.4 is 4.74 Å². The first-order valence-electron chi connectivity index (χ1n) is 9.32. The number of carbonyl (C=O) groups is 1. The van der Waals surface area contributed by atoms with Gasteiger partial charge in [0.1, 0.15) is 11.6 Å². The molecule has 1 N–H and O–H groups in total. The van der Waals surface area contributed by atoms with Gasteiger partial charge < -0.3 is 9.84 Å². The second kappa shape index (κ2) is 8.30. The molecule has 0 bridgehead atoms. The molecule has 0 aliphatic carbocycles. The molecule has 8 heteroatoms. The van der Waals surface area contributed by atoms with Gasteiger partial charge in [-0.3, -0.25) is 4.79 Å². The predicted molar refractivity (Wildman–Crippen MR) is 117 cm³/mol. The number of rotatable bonds is 4. The van der Waals surface area contributed by atoms with Crippen LogP contribution in [0.5, 0.6) is 5.75 Å². The second-order valence-electron chi connectivity index (χ2n) is 7.00. The van der Waals surface area contributed by atoms with Gasteiger partial charge in [0, 0.05) is 17.5 Å². The maximum absolute atomic E-state index is 14.3. The highest BCUT2D eigenvalue weighted by Gasteiger charge is 2.48. The van der Waals surface area contributed by atoms with Crippen LogP contribution in [0, 0.1) is 5.82 Å². The Morgan fingerprint density at radius 2 is 1.77 bits per heavy atom. The van der Waals surface area contributed by atoms with Crippen LogP contribution in [-0.2, 0) is 5.72 Å². The van der Waals surface area contributed by atoms with Crippen molar-refractivity contribution in [2.75, 3.05) is 7.11 Å². The van der Waals surface area contributed by atoms with E-state index < -0.39 is 17.4 Å². The molecule has 0 radical (unpaired) electrons. The summed E-state index contributed by atoms with van der Waals surface area (Å²) in [5.74, 6) is -0.671. The zero-order chi connectivity index (χ0) is 22.2. The number of halogens is 3. The van der Waals surface area contributed by atoms with Crippen LogP contribution in [-0.4, -0.2) is 28.8 Å². The molecule has 1 amide bonds. The molecule has 0 fully saturated rings. The highest BCUT2D eigenvalue weighted by molar-refractivity contribution is 6.35. The van der Waals surface area contributed by atoms with E-state index in [0.717, 1.165) is 11.1 Å². The SMILES string of the molecule is COc1ccc(C2=NN(C(=O)c3ccccc3)C(O)(c3cc(F)c(Cl)cc3Cl)C2)cc1. The lowest BCUT2D eigenvalue weighted by Gasteiger charge is -2.32. The van der Waals surface area contributed by atoms with Crippen LogP contribution >= 0.6 is 23.2 Å². The molecule has 0 saturated heterocycles. The normalized spacial score (nSPS) is 18.1. The Morgan fingerprint density at radius 3 is 2.42 bits per heavy atom. The quantitative estimate of drug-likeness (QED) is 0.543. The number of amides is 1. The van der Waals surface area contributed by atoms with Crippen molar-refractivity contribution in [3.05, 3.63) is 99.3 Å². The maximum atomic E-state index is 14.3. The predicted octanol–water partition coefficient (Wildman–Crippen LogP) is 5.24. The van der Waals surface area contributed by atoms with Gasteiger partial charge in [-0.1, -0.05) is 41.4 Å². The monoisotopic (exact) mass is 458 g/mol. The summed E-state index contributed by atoms with van der Waals surface area (Å²) in [5.41, 5.74) is -0.599. The zero-order valence-corrected chi connectivity index (χ0v) is 17.9. The van der Waals surface area contributed by atoms with Gasteiger partial charge in [-0.05, 0) is 54.1 Å². The lowest BCUT2D eigenvalue weighted by Crippen LogP contribution is -2.43. The van der Waals surface area contributed by atoms with Crippen molar-refractivity contribution >= 4 is 34.8 Å². The minimum Gasteiger partial charge on any atom is -0.497 e. The molecule has 1 atom stereocenters. The Labute approximate surface area is 188 Å². The molecule has 1 aliphatic rings. The second-order valence-corrected chi connectivity index (χ2v) is 7.81. The maximum Gasteiger partial charge on any atom is 0.276 e. The Bertz CT molecular complexity index is 1170. The van der Waals surface area contributed by atoms with Crippen molar-refractivity contribution in [2.24, 2.45) is 5.10 Å². The van der Waals surface area contributed by atoms with E-state index in [4.69, 9.17) is 27.9 Å². The molecule has 0 aromatic heterocycles. The number of aliphatic hydroxyl groups is 1. The standard InChI is InChI=1S/C23H17Cl2FN2O3/c1-31-16-9-7-14(8-10-16)21-13-23(30,17-11-20(26)19(25)12-18(17)24)28(27-21)22(29)15-5-3-2-4-6-15/h2-12,30H,13H2,1H3. The minimum absolute atomic E-state index is 0.00684. The highest BCUT2D eigenvalue weighted by Crippen LogP contribution is 2.42. The number of hydrogen-bond acceptors (Lipinski definition) is 4. The molecular formula is C23H17Cl2FN2O3. The summed E-state index contributed by atoms with van der Waals surface area (Å²) in [5, 5.41) is 16.8. The van der Waals surface area contributed by atoms with Crippen LogP contribution in [0.25, 0.3) is 0 Å². The van der Waals surface area contributed by atoms with Crippen molar-refractivity contribution in [1.82, 2.24) is 5.01 Å². The Kier molecular flexibility index (Phi) is 5.71. The first-order chi connectivity index (χ1) is 14.8. The van der Waals surface area contributed by atoms with E-state index in [1.165, 1.54) is 6.07 Å². The smallest absolute Gasteiger partial charge is 0.276 e. The molecule has 3 aromatic rings. The van der Waals surface area contributed by atoms with Crippen LogP contribution in [0.4, 0.5) is 4.39 Å². The Hall–Kier alpha value is -2.93. The van der Waals surface area contributed by atoms with Gasteiger partial charge in [0.2, 0.25) is 0 Å². The first kappa shape index (κ1) is 21.3. The van der Waals surface area contributed by atoms with Gasteiger partial charge in [-0.2, -0.15) is 10.1 Å². The third-order valence-electron chi connectivity index (χ3n) is 5.06. The number of ether oxygens (including phenoxy) is 1. The summed E-state index contributed by atoms with van der Waals surface area (Å²) in [4.78, 5) is 13.3. The van der Waals surface area contributed by atoms with E-state index in [-0.39, 0.29) is 22.0 Å². The Balaban J connectivity index is 1.83. The minimum atomic E-state index is -2.01. The molecule has 1 unspecified atom stereocenters. The van der Waals surface area contributed by atoms with Gasteiger partial charge >= 0.3 is 0 Å². The Morgan fingerprint density at radius 1 is 1.10 bits per heavy atom. The van der Waals surface area contributed by atoms with E-state index in [2.05, 4.69) is 5.10 Å². The van der Waals surface area contributed by atoms with Crippen molar-refractivity contribution in [3.8, 4) is 5.75 Å². The average molecular weight is 459 g/mol. The third-order valence-corrected chi connectivity index (χ3v) is 5.67. The summed E-state index contributed by atoms with van der Waals surface area (Å²) in [7, 11) is 1.55. The molecule has 0 spiro atoms. The fourth-order valence-electron chi connectivity index (χ4n) is 3.45. The summed E-state index contributed by atoms with van der Waals surface area (Å²) in [6.07, 6.45) is -0.0985. The fraction of sp³-hybridized carbons (Fsp3) is 0.130. The number of hydrazone groups is 1. The fourth-order valence-corrected chi connectivity index (χ4v) is 3.98. The molecule has 3 aromatic carbocycles. The lowest BCUT2D eigenvalue weighted by atomic mass is 9.94. The van der Waals surface area contributed by atoms with E-state index in [1.807, 2.05) is 0 Å². The van der Waals surface area contributed by atoms with Gasteiger partial charge in [0.15, 0.2) is 5.72 Å². The third kappa shape index (κ3) is 3.90. The van der Waals surface area contributed by atoms with E-state index in [0.29, 0.717) is 22.6 Å². The van der Waals surface area contributed by atoms with Gasteiger partial charge in [-0.15, -0.1) is 0 Å². The van der Waals surface area contributed by atoms with Crippen molar-refractivity contribution in [2.45, 2.75) is 12.1 Å². The molecule has 1 aliphatic heterocycles. The molecule has 31 heavy (non-hydrogen) atoms. The van der Waals surface area contributed by atoms with Gasteiger partial charge in [-0.25, -0.2) is 4.39 Å². The summed E-state index contributed by atoms with van der Waals surface area (Å²) < 4.78 is 19.5. The van der Waals surface area contributed by atoms with E-state index in [9.17, 15) is 14.3 Å². The average Bonchev–Trinajstić information content (AvgIpc) is 3.14. The molecule has 158 valence electrons. The number of carbonyl (C=O) groups excluding carboxylic acids is 1. The van der Waals surface area contributed by atoms with Crippen molar-refractivity contribution in [1.29, 1.82) is 0 Å². The topological polar surface area (TPSA) is 62.1 Å². The summed E-state index contributed by atoms with van der Waals surface area (Å²) >= 11 is 12.1. The van der Waals surface area contributed by atoms with Crippen LogP contribution in [0.3, 0.4) is 0 Å². The van der Waals surface area contributed by atoms with Crippen LogP contribution in [0.1, 0.15) is 27.9 Å². The highest BCUT2D eigenvalue weighted by atomic mass is 35.5. The van der Waals surface area contributed by atoms with E-state index in [1.54, 1.807) is 61.7 Å². The van der Waals surface area contributed by atoms with Crippen molar-refractivity contribution < 1.29 is 19.0 Å². The van der Waals surface area contributed by atoms with Crippen LogP contribution in [0.2, 0.25) is 10.0 Å². The molecule has 4 rings (SSSR count). The summed E-state index contributed by atoms with van der Waals surface area (Å²) in [6, 6.07) is 17.6. The van der Waals surface area contributed by atoms with E-state index >= 15 is 0 Å². The zero-order valence-electron chi connectivity index (χ0n) is 16.3. The molecular weight excluding hydrogens is 442 g/mol. The van der Waals surface area contributed by atoms with Crippen LogP contribution in [0.15, 0.2) is 71.8 Å². The number of benzene rings is 3. The van der Waals surface area contributed by atoms with Gasteiger partial charge in [0.05, 0.1) is 22.9 Å². The lowest BCUT2D eigenvalue weighted by molar-refractivity contribution is -0.0766. The molecule has 5 nitrogen and oxygen atoms in total. The first-order valence-corrected chi connectivity index (χ1v) is 10.1. The van der Waals surface area contributed by atoms with Crippen molar-refractivity contribution in [3.63, 3.8) is 0 Å². The number of methoxy groups -OCH3 is 1. The molecule has 0 saturated carbocycles. The van der Waals surface area contributed by atoms with Gasteiger partial charge in [0.25, 0.3) is 5.91 Å².